The summed E-state index contributed by atoms with van der Waals surface area (Å²) in [6, 6.07) is 5.04. The Bertz CT molecular complexity index is 536. The van der Waals surface area contributed by atoms with Crippen molar-refractivity contribution in [3.05, 3.63) is 29.3 Å². The van der Waals surface area contributed by atoms with Gasteiger partial charge in [0.25, 0.3) is 0 Å². The van der Waals surface area contributed by atoms with Crippen LogP contribution in [0.25, 0.3) is 0 Å². The van der Waals surface area contributed by atoms with E-state index in [9.17, 15) is 15.0 Å². The first-order chi connectivity index (χ1) is 9.71. The Kier molecular flexibility index (Phi) is 4.14. The monoisotopic (exact) mass is 293 g/mol. The van der Waals surface area contributed by atoms with Crippen molar-refractivity contribution in [3.8, 4) is 5.75 Å². The SMILES string of the molecule is C[C@H]([C@H](O)c1ccc2c(c1)OCC2)N(C(=O)O)C(C)(C)C. The first-order valence-electron chi connectivity index (χ1n) is 7.18. The molecule has 0 radical (unpaired) electrons. The molecule has 1 aromatic carbocycles. The fourth-order valence-corrected chi connectivity index (χ4v) is 2.86. The van der Waals surface area contributed by atoms with Crippen LogP contribution in [0.15, 0.2) is 18.2 Å². The van der Waals surface area contributed by atoms with Crippen LogP contribution in [-0.4, -0.2) is 39.4 Å². The molecule has 1 aromatic rings. The lowest BCUT2D eigenvalue weighted by Gasteiger charge is -2.40. The minimum atomic E-state index is -1.04. The molecule has 2 N–H and O–H groups in total. The van der Waals surface area contributed by atoms with Crippen molar-refractivity contribution in [3.63, 3.8) is 0 Å². The number of ether oxygens (including phenoxy) is 1. The summed E-state index contributed by atoms with van der Waals surface area (Å²) >= 11 is 0. The van der Waals surface area contributed by atoms with Gasteiger partial charge in [0, 0.05) is 12.0 Å². The molecule has 21 heavy (non-hydrogen) atoms. The average Bonchev–Trinajstić information content (AvgIpc) is 2.82. The standard InChI is InChI=1S/C16H23NO4/c1-10(17(15(19)20)16(2,3)4)14(18)12-6-5-11-7-8-21-13(11)9-12/h5-6,9-10,14,18H,7-8H2,1-4H3,(H,19,20)/t10-,14+/m1/s1. The number of rotatable bonds is 3. The van der Waals surface area contributed by atoms with E-state index in [4.69, 9.17) is 4.74 Å². The molecule has 116 valence electrons. The van der Waals surface area contributed by atoms with Crippen molar-refractivity contribution in [2.45, 2.75) is 51.8 Å². The summed E-state index contributed by atoms with van der Waals surface area (Å²) in [5.74, 6) is 0.788. The van der Waals surface area contributed by atoms with Gasteiger partial charge >= 0.3 is 6.09 Å². The lowest BCUT2D eigenvalue weighted by atomic mass is 9.96. The third kappa shape index (κ3) is 3.13. The number of aliphatic hydroxyl groups is 1. The predicted octanol–water partition coefficient (Wildman–Crippen LogP) is 2.82. The summed E-state index contributed by atoms with van der Waals surface area (Å²) in [5, 5.41) is 20.0. The molecule has 0 saturated carbocycles. The zero-order valence-corrected chi connectivity index (χ0v) is 13.0. The van der Waals surface area contributed by atoms with Gasteiger partial charge in [-0.25, -0.2) is 4.79 Å². The van der Waals surface area contributed by atoms with E-state index < -0.39 is 23.8 Å². The summed E-state index contributed by atoms with van der Waals surface area (Å²) in [6.45, 7) is 7.83. The van der Waals surface area contributed by atoms with Crippen LogP contribution in [0, 0.1) is 0 Å². The molecule has 1 aliphatic rings. The Morgan fingerprint density at radius 2 is 2.05 bits per heavy atom. The normalized spacial score (nSPS) is 16.8. The lowest BCUT2D eigenvalue weighted by Crippen LogP contribution is -2.52. The fraction of sp³-hybridized carbons (Fsp3) is 0.562. The van der Waals surface area contributed by atoms with Gasteiger partial charge in [0.05, 0.1) is 18.8 Å². The number of hydrogen-bond acceptors (Lipinski definition) is 3. The maximum absolute atomic E-state index is 11.5. The summed E-state index contributed by atoms with van der Waals surface area (Å²) < 4.78 is 5.50. The third-order valence-electron chi connectivity index (χ3n) is 3.85. The van der Waals surface area contributed by atoms with Gasteiger partial charge in [0.15, 0.2) is 0 Å². The van der Waals surface area contributed by atoms with Crippen molar-refractivity contribution in [1.29, 1.82) is 0 Å². The third-order valence-corrected chi connectivity index (χ3v) is 3.85. The Hall–Kier alpha value is -1.75. The van der Waals surface area contributed by atoms with Crippen molar-refractivity contribution >= 4 is 6.09 Å². The van der Waals surface area contributed by atoms with Gasteiger partial charge in [-0.05, 0) is 44.9 Å². The molecular formula is C16H23NO4. The van der Waals surface area contributed by atoms with E-state index >= 15 is 0 Å². The summed E-state index contributed by atoms with van der Waals surface area (Å²) in [7, 11) is 0. The Morgan fingerprint density at radius 1 is 1.38 bits per heavy atom. The van der Waals surface area contributed by atoms with Crippen LogP contribution in [0.5, 0.6) is 5.75 Å². The number of carbonyl (C=O) groups is 1. The number of fused-ring (bicyclic) bond motifs is 1. The molecule has 5 nitrogen and oxygen atoms in total. The molecule has 1 aliphatic heterocycles. The molecule has 0 aromatic heterocycles. The number of nitrogens with zero attached hydrogens (tertiary/aromatic N) is 1. The van der Waals surface area contributed by atoms with E-state index in [1.807, 2.05) is 39.0 Å². The van der Waals surface area contributed by atoms with Crippen molar-refractivity contribution in [1.82, 2.24) is 4.90 Å². The van der Waals surface area contributed by atoms with Crippen LogP contribution in [0.2, 0.25) is 0 Å². The molecular weight excluding hydrogens is 270 g/mol. The van der Waals surface area contributed by atoms with Crippen LogP contribution in [0.1, 0.15) is 44.9 Å². The minimum absolute atomic E-state index is 0.554. The van der Waals surface area contributed by atoms with Crippen LogP contribution >= 0.6 is 0 Å². The molecule has 0 spiro atoms. The number of carboxylic acid groups (broad SMARTS) is 1. The highest BCUT2D eigenvalue weighted by atomic mass is 16.5. The maximum atomic E-state index is 11.5. The van der Waals surface area contributed by atoms with Crippen LogP contribution in [0.4, 0.5) is 4.79 Å². The van der Waals surface area contributed by atoms with E-state index in [-0.39, 0.29) is 0 Å². The van der Waals surface area contributed by atoms with E-state index in [2.05, 4.69) is 0 Å². The highest BCUT2D eigenvalue weighted by molar-refractivity contribution is 5.66. The lowest BCUT2D eigenvalue weighted by molar-refractivity contribution is 0.0141. The van der Waals surface area contributed by atoms with Gasteiger partial charge in [0.2, 0.25) is 0 Å². The molecule has 0 bridgehead atoms. The number of hydrogen-bond donors (Lipinski definition) is 2. The van der Waals surface area contributed by atoms with E-state index in [1.165, 1.54) is 4.90 Å². The average molecular weight is 293 g/mol. The highest BCUT2D eigenvalue weighted by Crippen LogP contribution is 2.32. The summed E-state index contributed by atoms with van der Waals surface area (Å²) in [6.07, 6.45) is -1.05. The van der Waals surface area contributed by atoms with Gasteiger partial charge in [-0.1, -0.05) is 12.1 Å². The Labute approximate surface area is 125 Å². The van der Waals surface area contributed by atoms with Crippen molar-refractivity contribution in [2.24, 2.45) is 0 Å². The first kappa shape index (κ1) is 15.6. The topological polar surface area (TPSA) is 70.0 Å². The fourth-order valence-electron chi connectivity index (χ4n) is 2.86. The number of aliphatic hydroxyl groups excluding tert-OH is 1. The van der Waals surface area contributed by atoms with Gasteiger partial charge in [-0.2, -0.15) is 0 Å². The molecule has 1 amide bonds. The second kappa shape index (κ2) is 5.56. The zero-order chi connectivity index (χ0) is 15.8. The molecule has 2 atom stereocenters. The Balaban J connectivity index is 2.25. The van der Waals surface area contributed by atoms with E-state index in [0.29, 0.717) is 12.2 Å². The molecule has 0 aliphatic carbocycles. The molecule has 0 unspecified atom stereocenters. The molecule has 0 fully saturated rings. The smallest absolute Gasteiger partial charge is 0.408 e. The second-order valence-electron chi connectivity index (χ2n) is 6.47. The second-order valence-corrected chi connectivity index (χ2v) is 6.47. The van der Waals surface area contributed by atoms with Gasteiger partial charge in [0.1, 0.15) is 5.75 Å². The van der Waals surface area contributed by atoms with Crippen LogP contribution < -0.4 is 4.74 Å². The van der Waals surface area contributed by atoms with Crippen LogP contribution in [0.3, 0.4) is 0 Å². The van der Waals surface area contributed by atoms with E-state index in [0.717, 1.165) is 17.7 Å². The number of amides is 1. The largest absolute Gasteiger partial charge is 0.493 e. The maximum Gasteiger partial charge on any atom is 0.408 e. The molecule has 5 heteroatoms. The molecule has 0 saturated heterocycles. The molecule has 2 rings (SSSR count). The van der Waals surface area contributed by atoms with E-state index in [1.54, 1.807) is 6.92 Å². The highest BCUT2D eigenvalue weighted by Gasteiger charge is 2.35. The van der Waals surface area contributed by atoms with Crippen molar-refractivity contribution < 1.29 is 19.7 Å². The minimum Gasteiger partial charge on any atom is -0.493 e. The zero-order valence-electron chi connectivity index (χ0n) is 13.0. The summed E-state index contributed by atoms with van der Waals surface area (Å²) in [4.78, 5) is 12.8. The Morgan fingerprint density at radius 3 is 2.62 bits per heavy atom. The molecule has 1 heterocycles. The van der Waals surface area contributed by atoms with Crippen molar-refractivity contribution in [2.75, 3.05) is 6.61 Å². The predicted molar refractivity (Wildman–Crippen MR) is 79.7 cm³/mol. The van der Waals surface area contributed by atoms with Gasteiger partial charge in [-0.3, -0.25) is 4.90 Å². The van der Waals surface area contributed by atoms with Gasteiger partial charge in [-0.15, -0.1) is 0 Å². The number of benzene rings is 1. The quantitative estimate of drug-likeness (QED) is 0.899. The van der Waals surface area contributed by atoms with Gasteiger partial charge < -0.3 is 14.9 Å². The first-order valence-corrected chi connectivity index (χ1v) is 7.18. The van der Waals surface area contributed by atoms with Crippen LogP contribution in [-0.2, 0) is 6.42 Å². The summed E-state index contributed by atoms with van der Waals surface area (Å²) in [5.41, 5.74) is 1.22.